The van der Waals surface area contributed by atoms with Gasteiger partial charge in [0.05, 0.1) is 18.1 Å². The molecule has 8 heteroatoms. The number of nitro groups is 1. The number of methoxy groups -OCH3 is 1. The Labute approximate surface area is 189 Å². The van der Waals surface area contributed by atoms with Gasteiger partial charge in [-0.2, -0.15) is 0 Å². The number of carbonyl (C=O) groups is 1. The number of aliphatic hydroxyl groups excluding tert-OH is 1. The Morgan fingerprint density at radius 3 is 2.69 bits per heavy atom. The van der Waals surface area contributed by atoms with E-state index in [4.69, 9.17) is 14.2 Å². The minimum absolute atomic E-state index is 0.0490. The summed E-state index contributed by atoms with van der Waals surface area (Å²) in [5.41, 5.74) is 0.167. The van der Waals surface area contributed by atoms with E-state index >= 15 is 0 Å². The molecule has 4 rings (SSSR count). The van der Waals surface area contributed by atoms with E-state index in [-0.39, 0.29) is 65.2 Å². The highest BCUT2D eigenvalue weighted by atomic mass is 16.6. The molecule has 0 aromatic carbocycles. The molecular weight excluding hydrogens is 414 g/mol. The van der Waals surface area contributed by atoms with Crippen molar-refractivity contribution in [1.82, 2.24) is 0 Å². The van der Waals surface area contributed by atoms with Gasteiger partial charge in [-0.05, 0) is 31.3 Å². The first-order chi connectivity index (χ1) is 15.1. The number of nitrogens with zero attached hydrogens (tertiary/aromatic N) is 1. The van der Waals surface area contributed by atoms with Crippen LogP contribution < -0.4 is 0 Å². The topological polar surface area (TPSA) is 108 Å². The van der Waals surface area contributed by atoms with E-state index in [0.29, 0.717) is 12.8 Å². The fourth-order valence-electron chi connectivity index (χ4n) is 6.86. The molecule has 1 spiro atoms. The van der Waals surface area contributed by atoms with Gasteiger partial charge in [0, 0.05) is 35.7 Å². The molecule has 4 bridgehead atoms. The zero-order chi connectivity index (χ0) is 23.4. The van der Waals surface area contributed by atoms with E-state index in [1.807, 2.05) is 33.8 Å². The van der Waals surface area contributed by atoms with Crippen LogP contribution in [0.15, 0.2) is 23.8 Å². The van der Waals surface area contributed by atoms with Crippen LogP contribution in [0.5, 0.6) is 0 Å². The lowest BCUT2D eigenvalue weighted by Crippen LogP contribution is -2.56. The Morgan fingerprint density at radius 2 is 2.06 bits per heavy atom. The molecule has 32 heavy (non-hydrogen) atoms. The van der Waals surface area contributed by atoms with Crippen LogP contribution in [0.2, 0.25) is 0 Å². The third-order valence-electron chi connectivity index (χ3n) is 8.50. The molecule has 1 N–H and O–H groups in total. The summed E-state index contributed by atoms with van der Waals surface area (Å²) in [5.74, 6) is -1.61. The number of cyclic esters (lactones) is 1. The Hall–Kier alpha value is -1.77. The van der Waals surface area contributed by atoms with Gasteiger partial charge in [0.25, 0.3) is 0 Å². The smallest absolute Gasteiger partial charge is 0.335 e. The number of rotatable bonds is 4. The van der Waals surface area contributed by atoms with Gasteiger partial charge in [-0.25, -0.2) is 4.79 Å². The number of hydrogen-bond acceptors (Lipinski definition) is 7. The highest BCUT2D eigenvalue weighted by Gasteiger charge is 2.68. The molecule has 2 aliphatic carbocycles. The first-order valence-corrected chi connectivity index (χ1v) is 11.7. The molecule has 0 aromatic heterocycles. The predicted octanol–water partition coefficient (Wildman–Crippen LogP) is 2.77. The predicted molar refractivity (Wildman–Crippen MR) is 116 cm³/mol. The van der Waals surface area contributed by atoms with E-state index in [2.05, 4.69) is 12.2 Å². The molecule has 178 valence electrons. The number of hydrogen-bond donors (Lipinski definition) is 1. The van der Waals surface area contributed by atoms with Crippen molar-refractivity contribution in [2.24, 2.45) is 35.5 Å². The number of ether oxygens (including phenoxy) is 3. The molecule has 0 radical (unpaired) electrons. The molecule has 1 saturated heterocycles. The first-order valence-electron chi connectivity index (χ1n) is 11.7. The van der Waals surface area contributed by atoms with E-state index in [0.717, 1.165) is 5.57 Å². The maximum absolute atomic E-state index is 12.9. The second-order valence-electron chi connectivity index (χ2n) is 10.1. The van der Waals surface area contributed by atoms with Crippen molar-refractivity contribution in [3.8, 4) is 0 Å². The number of esters is 1. The van der Waals surface area contributed by atoms with Crippen molar-refractivity contribution in [1.29, 1.82) is 0 Å². The van der Waals surface area contributed by atoms with Crippen LogP contribution in [-0.4, -0.2) is 59.7 Å². The standard InChI is InChI=1S/C24H35NO7/c1-6-18-12(2)9-13(3)24-15(10-19(30-5)23(27)31-18)7-8-16-20(24)21(26)14(4)17(11-25(28)29)22(16)32-24/h7-9,12,14-22,26H,6,10-11H2,1-5H3/b13-9-/t12-,14?,15-,16-,17-,18-,19+,20+,21-,22-,24+/m1/s1. The molecule has 2 fully saturated rings. The molecule has 11 atom stereocenters. The van der Waals surface area contributed by atoms with Crippen molar-refractivity contribution >= 4 is 5.97 Å². The second kappa shape index (κ2) is 8.54. The number of aliphatic hydroxyl groups is 1. The highest BCUT2D eigenvalue weighted by Crippen LogP contribution is 2.62. The molecule has 1 saturated carbocycles. The van der Waals surface area contributed by atoms with Crippen molar-refractivity contribution in [3.05, 3.63) is 33.9 Å². The summed E-state index contributed by atoms with van der Waals surface area (Å²) >= 11 is 0. The largest absolute Gasteiger partial charge is 0.460 e. The fourth-order valence-corrected chi connectivity index (χ4v) is 6.86. The van der Waals surface area contributed by atoms with Gasteiger partial charge in [0.15, 0.2) is 6.10 Å². The van der Waals surface area contributed by atoms with Crippen LogP contribution in [0, 0.1) is 45.6 Å². The third kappa shape index (κ3) is 3.42. The Kier molecular flexibility index (Phi) is 6.24. The monoisotopic (exact) mass is 449 g/mol. The van der Waals surface area contributed by atoms with Crippen molar-refractivity contribution in [2.45, 2.75) is 70.6 Å². The lowest BCUT2D eigenvalue weighted by atomic mass is 9.56. The molecule has 2 heterocycles. The minimum Gasteiger partial charge on any atom is -0.460 e. The number of carbonyl (C=O) groups excluding carboxylic acids is 1. The highest BCUT2D eigenvalue weighted by molar-refractivity contribution is 5.75. The maximum Gasteiger partial charge on any atom is 0.335 e. The van der Waals surface area contributed by atoms with Gasteiger partial charge < -0.3 is 19.3 Å². The lowest BCUT2D eigenvalue weighted by molar-refractivity contribution is -0.494. The van der Waals surface area contributed by atoms with Crippen LogP contribution in [0.4, 0.5) is 0 Å². The maximum atomic E-state index is 12.9. The van der Waals surface area contributed by atoms with Gasteiger partial charge in [-0.15, -0.1) is 0 Å². The summed E-state index contributed by atoms with van der Waals surface area (Å²) in [5, 5.41) is 22.9. The van der Waals surface area contributed by atoms with Crippen molar-refractivity contribution in [3.63, 3.8) is 0 Å². The average molecular weight is 450 g/mol. The zero-order valence-corrected chi connectivity index (χ0v) is 19.5. The SMILES string of the molecule is CC[C@H]1OC(=O)[C@@H](OC)C[C@H]2C=C[C@H]3[C@H]4O[C@]2(/C(C)=C\[C@H]1C)[C@@H]3[C@H](O)C(C)[C@H]4C[N+](=O)[O-]. The summed E-state index contributed by atoms with van der Waals surface area (Å²) in [4.78, 5) is 24.0. The van der Waals surface area contributed by atoms with Crippen LogP contribution in [-0.2, 0) is 19.0 Å². The molecule has 4 aliphatic rings. The second-order valence-corrected chi connectivity index (χ2v) is 10.1. The minimum atomic E-state index is -0.829. The van der Waals surface area contributed by atoms with E-state index < -0.39 is 17.8 Å². The molecule has 2 aliphatic heterocycles. The fraction of sp³-hybridized carbons (Fsp3) is 0.792. The summed E-state index contributed by atoms with van der Waals surface area (Å²) in [6, 6.07) is 0. The summed E-state index contributed by atoms with van der Waals surface area (Å²) in [6.07, 6.45) is 5.12. The van der Waals surface area contributed by atoms with E-state index in [1.54, 1.807) is 0 Å². The zero-order valence-electron chi connectivity index (χ0n) is 19.5. The molecule has 1 unspecified atom stereocenters. The Balaban J connectivity index is 1.84. The first kappa shape index (κ1) is 23.4. The summed E-state index contributed by atoms with van der Waals surface area (Å²) in [7, 11) is 1.50. The average Bonchev–Trinajstić information content (AvgIpc) is 2.94. The van der Waals surface area contributed by atoms with Crippen molar-refractivity contribution < 1.29 is 29.0 Å². The Bertz CT molecular complexity index is 825. The molecule has 0 aromatic rings. The van der Waals surface area contributed by atoms with E-state index in [1.165, 1.54) is 7.11 Å². The van der Waals surface area contributed by atoms with Crippen LogP contribution in [0.3, 0.4) is 0 Å². The van der Waals surface area contributed by atoms with E-state index in [9.17, 15) is 20.0 Å². The molecule has 8 nitrogen and oxygen atoms in total. The summed E-state index contributed by atoms with van der Waals surface area (Å²) in [6.45, 7) is 7.69. The van der Waals surface area contributed by atoms with Gasteiger partial charge in [-0.1, -0.05) is 39.0 Å². The molecular formula is C24H35NO7. The van der Waals surface area contributed by atoms with Gasteiger partial charge >= 0.3 is 5.97 Å². The normalized spacial score (nSPS) is 49.6. The van der Waals surface area contributed by atoms with Gasteiger partial charge in [-0.3, -0.25) is 10.1 Å². The quantitative estimate of drug-likeness (QED) is 0.304. The Morgan fingerprint density at radius 1 is 1.34 bits per heavy atom. The third-order valence-corrected chi connectivity index (χ3v) is 8.50. The van der Waals surface area contributed by atoms with Gasteiger partial charge in [0.2, 0.25) is 6.54 Å². The van der Waals surface area contributed by atoms with Crippen LogP contribution >= 0.6 is 0 Å². The van der Waals surface area contributed by atoms with Crippen LogP contribution in [0.1, 0.15) is 40.5 Å². The summed E-state index contributed by atoms with van der Waals surface area (Å²) < 4.78 is 18.2. The molecule has 0 amide bonds. The van der Waals surface area contributed by atoms with Gasteiger partial charge in [0.1, 0.15) is 11.7 Å². The van der Waals surface area contributed by atoms with Crippen molar-refractivity contribution in [2.75, 3.05) is 13.7 Å². The van der Waals surface area contributed by atoms with Crippen LogP contribution in [0.25, 0.3) is 0 Å². The lowest BCUT2D eigenvalue weighted by Gasteiger charge is -2.48.